The lowest BCUT2D eigenvalue weighted by molar-refractivity contribution is 0.595. The molecule has 0 aromatic carbocycles. The van der Waals surface area contributed by atoms with Gasteiger partial charge in [-0.05, 0) is 13.3 Å². The van der Waals surface area contributed by atoms with Gasteiger partial charge in [0.15, 0.2) is 0 Å². The Hall–Kier alpha value is -0.480. The molecule has 0 fully saturated rings. The zero-order chi connectivity index (χ0) is 9.78. The quantitative estimate of drug-likeness (QED) is 0.421. The van der Waals surface area contributed by atoms with Crippen molar-refractivity contribution in [1.82, 2.24) is 5.32 Å². The second-order valence-electron chi connectivity index (χ2n) is 3.09. The summed E-state index contributed by atoms with van der Waals surface area (Å²) in [5, 5.41) is 4.39. The third-order valence-electron chi connectivity index (χ3n) is 1.81. The predicted octanol–water partition coefficient (Wildman–Crippen LogP) is 2.79. The molecule has 0 atom stereocenters. The van der Waals surface area contributed by atoms with E-state index in [9.17, 15) is 0 Å². The first-order valence-corrected chi connectivity index (χ1v) is 5.30. The maximum atomic E-state index is 4.39. The molecule has 0 aliphatic rings. The lowest BCUT2D eigenvalue weighted by Crippen LogP contribution is -2.07. The van der Waals surface area contributed by atoms with Gasteiger partial charge in [0.1, 0.15) is 0 Å². The van der Waals surface area contributed by atoms with Gasteiger partial charge >= 0.3 is 0 Å². The molecule has 0 heterocycles. The van der Waals surface area contributed by atoms with E-state index in [1.165, 1.54) is 25.7 Å². The van der Waals surface area contributed by atoms with Crippen molar-refractivity contribution < 1.29 is 0 Å². The van der Waals surface area contributed by atoms with Crippen molar-refractivity contribution in [3.8, 4) is 11.8 Å². The first-order valence-electron chi connectivity index (χ1n) is 5.30. The predicted molar refractivity (Wildman–Crippen MR) is 58.4 cm³/mol. The van der Waals surface area contributed by atoms with Crippen LogP contribution in [0.4, 0.5) is 0 Å². The molecule has 0 saturated carbocycles. The molecule has 2 radical (unpaired) electrons. The second kappa shape index (κ2) is 11.5. The average molecular weight is 179 g/mol. The lowest BCUT2D eigenvalue weighted by atomic mass is 10.2. The summed E-state index contributed by atoms with van der Waals surface area (Å²) in [6, 6.07) is 0. The summed E-state index contributed by atoms with van der Waals surface area (Å²) in [4.78, 5) is 0. The minimum absolute atomic E-state index is 0.719. The summed E-state index contributed by atoms with van der Waals surface area (Å²) in [6.07, 6.45) is 6.84. The third kappa shape index (κ3) is 11.5. The zero-order valence-electron chi connectivity index (χ0n) is 8.81. The van der Waals surface area contributed by atoms with Crippen LogP contribution in [-0.2, 0) is 0 Å². The molecule has 0 N–H and O–H groups in total. The molecule has 1 heteroatoms. The average Bonchev–Trinajstić information content (AvgIpc) is 2.16. The van der Waals surface area contributed by atoms with Crippen LogP contribution in [0.5, 0.6) is 0 Å². The normalized spacial score (nSPS) is 9.38. The van der Waals surface area contributed by atoms with Crippen LogP contribution in [0.2, 0.25) is 0 Å². The molecule has 0 aliphatic carbocycles. The molecule has 13 heavy (non-hydrogen) atoms. The molecule has 74 valence electrons. The van der Waals surface area contributed by atoms with Gasteiger partial charge in [0.2, 0.25) is 0 Å². The Balaban J connectivity index is 2.91. The van der Waals surface area contributed by atoms with Crippen LogP contribution in [0.1, 0.15) is 45.4 Å². The van der Waals surface area contributed by atoms with Crippen molar-refractivity contribution in [1.29, 1.82) is 0 Å². The minimum atomic E-state index is 0.719. The molecule has 0 aromatic heterocycles. The summed E-state index contributed by atoms with van der Waals surface area (Å²) in [5.74, 6) is 5.97. The van der Waals surface area contributed by atoms with Gasteiger partial charge in [-0.25, -0.2) is 5.32 Å². The Morgan fingerprint density at radius 3 is 2.62 bits per heavy atom. The molecule has 0 unspecified atom stereocenters. The van der Waals surface area contributed by atoms with Gasteiger partial charge in [0.05, 0.1) is 0 Å². The van der Waals surface area contributed by atoms with Crippen molar-refractivity contribution in [2.45, 2.75) is 45.4 Å². The minimum Gasteiger partial charge on any atom is -0.241 e. The fourth-order valence-corrected chi connectivity index (χ4v) is 1.07. The molecule has 0 aromatic rings. The van der Waals surface area contributed by atoms with Gasteiger partial charge in [-0.15, -0.1) is 11.8 Å². The maximum Gasteiger partial charge on any atom is 0.0243 e. The van der Waals surface area contributed by atoms with Gasteiger partial charge in [-0.3, -0.25) is 0 Å². The van der Waals surface area contributed by atoms with Crippen LogP contribution in [0, 0.1) is 18.8 Å². The standard InChI is InChI=1S/C12H21N/c1-3-5-7-9-11-13-12-10-8-6-4-2/h1,3-4,6,8-12H2,2H3. The lowest BCUT2D eigenvalue weighted by Gasteiger charge is -1.98. The maximum absolute atomic E-state index is 4.39. The number of unbranched alkanes of at least 4 members (excludes halogenated alkanes) is 3. The van der Waals surface area contributed by atoms with E-state index in [0.717, 1.165) is 25.9 Å². The van der Waals surface area contributed by atoms with Gasteiger partial charge in [-0.2, -0.15) is 0 Å². The summed E-state index contributed by atoms with van der Waals surface area (Å²) < 4.78 is 0. The fraction of sp³-hybridized carbons (Fsp3) is 0.750. The fourth-order valence-electron chi connectivity index (χ4n) is 1.07. The first kappa shape index (κ1) is 12.5. The Bertz CT molecular complexity index is 141. The van der Waals surface area contributed by atoms with Gasteiger partial charge in [-0.1, -0.05) is 26.2 Å². The third-order valence-corrected chi connectivity index (χ3v) is 1.81. The van der Waals surface area contributed by atoms with Crippen LogP contribution in [-0.4, -0.2) is 13.1 Å². The van der Waals surface area contributed by atoms with E-state index in [1.54, 1.807) is 0 Å². The highest BCUT2D eigenvalue weighted by Crippen LogP contribution is 1.97. The van der Waals surface area contributed by atoms with E-state index < -0.39 is 0 Å². The summed E-state index contributed by atoms with van der Waals surface area (Å²) in [5.41, 5.74) is 0. The van der Waals surface area contributed by atoms with E-state index in [-0.39, 0.29) is 0 Å². The summed E-state index contributed by atoms with van der Waals surface area (Å²) in [6.45, 7) is 7.80. The number of hydrogen-bond acceptors (Lipinski definition) is 0. The highest BCUT2D eigenvalue weighted by atomic mass is 14.8. The van der Waals surface area contributed by atoms with Crippen molar-refractivity contribution in [3.05, 3.63) is 6.92 Å². The van der Waals surface area contributed by atoms with Gasteiger partial charge in [0.25, 0.3) is 0 Å². The highest BCUT2D eigenvalue weighted by Gasteiger charge is 1.88. The monoisotopic (exact) mass is 179 g/mol. The van der Waals surface area contributed by atoms with Crippen LogP contribution < -0.4 is 5.32 Å². The van der Waals surface area contributed by atoms with Crippen molar-refractivity contribution in [3.63, 3.8) is 0 Å². The van der Waals surface area contributed by atoms with Gasteiger partial charge < -0.3 is 0 Å². The molecular formula is C12H21N. The Kier molecular flexibility index (Phi) is 11.1. The van der Waals surface area contributed by atoms with Crippen molar-refractivity contribution in [2.24, 2.45) is 0 Å². The summed E-state index contributed by atoms with van der Waals surface area (Å²) in [7, 11) is 0. The number of nitrogens with zero attached hydrogens (tertiary/aromatic N) is 1. The Morgan fingerprint density at radius 2 is 1.92 bits per heavy atom. The van der Waals surface area contributed by atoms with E-state index in [1.807, 2.05) is 0 Å². The second-order valence-corrected chi connectivity index (χ2v) is 3.09. The van der Waals surface area contributed by atoms with Crippen molar-refractivity contribution in [2.75, 3.05) is 13.1 Å². The molecule has 0 saturated heterocycles. The topological polar surface area (TPSA) is 14.1 Å². The SMILES string of the molecule is [CH2]CC#CCC[N]CCCCCC. The van der Waals surface area contributed by atoms with Crippen LogP contribution in [0.25, 0.3) is 0 Å². The molecule has 0 rings (SSSR count). The van der Waals surface area contributed by atoms with Crippen LogP contribution in [0.15, 0.2) is 0 Å². The molecule has 1 nitrogen and oxygen atoms in total. The van der Waals surface area contributed by atoms with Gasteiger partial charge in [0, 0.05) is 25.9 Å². The Morgan fingerprint density at radius 1 is 1.08 bits per heavy atom. The highest BCUT2D eigenvalue weighted by molar-refractivity contribution is 4.99. The van der Waals surface area contributed by atoms with Crippen LogP contribution in [0.3, 0.4) is 0 Å². The molecule has 0 amide bonds. The number of rotatable bonds is 7. The molecule has 0 spiro atoms. The molecular weight excluding hydrogens is 158 g/mol. The smallest absolute Gasteiger partial charge is 0.0243 e. The van der Waals surface area contributed by atoms with E-state index in [4.69, 9.17) is 0 Å². The molecule has 0 aliphatic heterocycles. The summed E-state index contributed by atoms with van der Waals surface area (Å²) >= 11 is 0. The molecule has 0 bridgehead atoms. The van der Waals surface area contributed by atoms with E-state index >= 15 is 0 Å². The van der Waals surface area contributed by atoms with Crippen LogP contribution >= 0.6 is 0 Å². The largest absolute Gasteiger partial charge is 0.241 e. The van der Waals surface area contributed by atoms with E-state index in [0.29, 0.717) is 0 Å². The Labute approximate surface area is 83.3 Å². The van der Waals surface area contributed by atoms with E-state index in [2.05, 4.69) is 31.0 Å². The van der Waals surface area contributed by atoms with Crippen molar-refractivity contribution >= 4 is 0 Å². The first-order chi connectivity index (χ1) is 6.41. The number of hydrogen-bond donors (Lipinski definition) is 0. The zero-order valence-corrected chi connectivity index (χ0v) is 8.81.